The van der Waals surface area contributed by atoms with Crippen molar-refractivity contribution < 1.29 is 23.9 Å². The van der Waals surface area contributed by atoms with Gasteiger partial charge in [0.05, 0.1) is 12.5 Å². The highest BCUT2D eigenvalue weighted by atomic mass is 16.3. The van der Waals surface area contributed by atoms with Crippen LogP contribution in [0, 0.1) is 13.8 Å². The largest absolute Gasteiger partial charge is 0.461 e. The zero-order valence-electron chi connectivity index (χ0n) is 9.60. The molecule has 2 N–H and O–H groups in total. The Hall–Kier alpha value is -2.14. The number of hydrogen-bond donors (Lipinski definition) is 0. The molecule has 0 saturated heterocycles. The number of aldehydes is 2. The van der Waals surface area contributed by atoms with Gasteiger partial charge in [-0.2, -0.15) is 0 Å². The van der Waals surface area contributed by atoms with E-state index in [1.807, 2.05) is 13.8 Å². The summed E-state index contributed by atoms with van der Waals surface area (Å²) in [7, 11) is 0. The predicted molar refractivity (Wildman–Crippen MR) is 61.3 cm³/mol. The van der Waals surface area contributed by atoms with Crippen molar-refractivity contribution in [2.24, 2.45) is 0 Å². The van der Waals surface area contributed by atoms with Gasteiger partial charge in [-0.1, -0.05) is 0 Å². The van der Waals surface area contributed by atoms with E-state index in [1.54, 1.807) is 12.1 Å². The second kappa shape index (κ2) is 7.19. The van der Waals surface area contributed by atoms with E-state index in [9.17, 15) is 9.59 Å². The van der Waals surface area contributed by atoms with Gasteiger partial charge in [-0.05, 0) is 37.1 Å². The average Bonchev–Trinajstić information content (AvgIpc) is 2.87. The Balaban J connectivity index is 0.000000284. The summed E-state index contributed by atoms with van der Waals surface area (Å²) in [5, 5.41) is 0. The molecule has 5 heteroatoms. The first-order chi connectivity index (χ1) is 7.69. The van der Waals surface area contributed by atoms with Crippen LogP contribution in [0.25, 0.3) is 0 Å². The highest BCUT2D eigenvalue weighted by Crippen LogP contribution is 2.04. The maximum atomic E-state index is 9.99. The standard InChI is InChI=1S/2C6H6O2.H2O/c2*1-5-2-3-8-6(5)4-7;/h2*2-4H,1H3;1H2. The first-order valence-electron chi connectivity index (χ1n) is 4.67. The Morgan fingerprint density at radius 1 is 0.882 bits per heavy atom. The Morgan fingerprint density at radius 2 is 1.24 bits per heavy atom. The maximum absolute atomic E-state index is 9.99. The number of carbonyl (C=O) groups is 2. The zero-order chi connectivity index (χ0) is 12.0. The smallest absolute Gasteiger partial charge is 0.185 e. The number of rotatable bonds is 2. The first-order valence-corrected chi connectivity index (χ1v) is 4.67. The van der Waals surface area contributed by atoms with Crippen LogP contribution in [0.4, 0.5) is 0 Å². The number of aryl methyl sites for hydroxylation is 2. The molecule has 0 unspecified atom stereocenters. The quantitative estimate of drug-likeness (QED) is 0.747. The SMILES string of the molecule is Cc1ccoc1C=O.Cc1ccoc1C=O.O. The lowest BCUT2D eigenvalue weighted by atomic mass is 10.3. The highest BCUT2D eigenvalue weighted by Gasteiger charge is 1.96. The Kier molecular flexibility index (Phi) is 6.28. The minimum absolute atomic E-state index is 0. The molecule has 0 amide bonds. The number of furan rings is 2. The van der Waals surface area contributed by atoms with Crippen LogP contribution < -0.4 is 0 Å². The van der Waals surface area contributed by atoms with Gasteiger partial charge in [0.15, 0.2) is 24.1 Å². The van der Waals surface area contributed by atoms with E-state index in [1.165, 1.54) is 12.5 Å². The van der Waals surface area contributed by atoms with Gasteiger partial charge in [-0.15, -0.1) is 0 Å². The van der Waals surface area contributed by atoms with Crippen molar-refractivity contribution in [1.82, 2.24) is 0 Å². The van der Waals surface area contributed by atoms with Crippen LogP contribution in [0.3, 0.4) is 0 Å². The lowest BCUT2D eigenvalue weighted by molar-refractivity contribution is 0.109. The van der Waals surface area contributed by atoms with Gasteiger partial charge in [0, 0.05) is 0 Å². The normalized spacial score (nSPS) is 8.59. The van der Waals surface area contributed by atoms with Crippen molar-refractivity contribution in [3.05, 3.63) is 47.3 Å². The van der Waals surface area contributed by atoms with Crippen LogP contribution >= 0.6 is 0 Å². The molecule has 0 aliphatic rings. The van der Waals surface area contributed by atoms with E-state index in [0.29, 0.717) is 24.1 Å². The third-order valence-corrected chi connectivity index (χ3v) is 2.02. The lowest BCUT2D eigenvalue weighted by Gasteiger charge is -1.78. The van der Waals surface area contributed by atoms with Gasteiger partial charge >= 0.3 is 0 Å². The molecule has 0 saturated carbocycles. The Labute approximate surface area is 98.3 Å². The topological polar surface area (TPSA) is 91.9 Å². The molecule has 0 bridgehead atoms. The van der Waals surface area contributed by atoms with Gasteiger partial charge in [0.1, 0.15) is 0 Å². The van der Waals surface area contributed by atoms with Crippen molar-refractivity contribution in [2.45, 2.75) is 13.8 Å². The molecule has 0 aromatic carbocycles. The molecule has 2 heterocycles. The van der Waals surface area contributed by atoms with E-state index in [2.05, 4.69) is 0 Å². The molecule has 2 rings (SSSR count). The Morgan fingerprint density at radius 3 is 1.35 bits per heavy atom. The number of carbonyl (C=O) groups excluding carboxylic acids is 2. The number of hydrogen-bond acceptors (Lipinski definition) is 4. The van der Waals surface area contributed by atoms with Crippen LogP contribution in [-0.4, -0.2) is 18.0 Å². The molecular weight excluding hydrogens is 224 g/mol. The molecule has 0 fully saturated rings. The minimum Gasteiger partial charge on any atom is -0.461 e. The molecule has 0 aliphatic carbocycles. The van der Waals surface area contributed by atoms with E-state index in [4.69, 9.17) is 8.83 Å². The molecule has 0 radical (unpaired) electrons. The van der Waals surface area contributed by atoms with Crippen LogP contribution in [0.1, 0.15) is 32.2 Å². The molecule has 2 aromatic heterocycles. The molecule has 92 valence electrons. The summed E-state index contributed by atoms with van der Waals surface area (Å²) in [6.45, 7) is 3.65. The van der Waals surface area contributed by atoms with E-state index in [0.717, 1.165) is 11.1 Å². The van der Waals surface area contributed by atoms with E-state index in [-0.39, 0.29) is 5.48 Å². The van der Waals surface area contributed by atoms with Gasteiger partial charge in [-0.3, -0.25) is 9.59 Å². The maximum Gasteiger partial charge on any atom is 0.185 e. The molecular formula is C12H14O5. The highest BCUT2D eigenvalue weighted by molar-refractivity contribution is 5.72. The fraction of sp³-hybridized carbons (Fsp3) is 0.167. The summed E-state index contributed by atoms with van der Waals surface area (Å²) in [4.78, 5) is 20.0. The molecule has 5 nitrogen and oxygen atoms in total. The van der Waals surface area contributed by atoms with Crippen LogP contribution in [0.2, 0.25) is 0 Å². The summed E-state index contributed by atoms with van der Waals surface area (Å²) < 4.78 is 9.49. The van der Waals surface area contributed by atoms with Crippen molar-refractivity contribution in [3.63, 3.8) is 0 Å². The minimum atomic E-state index is 0. The van der Waals surface area contributed by atoms with E-state index < -0.39 is 0 Å². The summed E-state index contributed by atoms with van der Waals surface area (Å²) in [6.07, 6.45) is 4.41. The molecule has 2 aromatic rings. The second-order valence-electron chi connectivity index (χ2n) is 3.17. The van der Waals surface area contributed by atoms with Gasteiger partial charge in [-0.25, -0.2) is 0 Å². The van der Waals surface area contributed by atoms with Crippen molar-refractivity contribution >= 4 is 12.6 Å². The van der Waals surface area contributed by atoms with Gasteiger partial charge in [0.2, 0.25) is 0 Å². The third kappa shape index (κ3) is 4.08. The fourth-order valence-electron chi connectivity index (χ4n) is 1.01. The molecule has 0 spiro atoms. The summed E-state index contributed by atoms with van der Waals surface area (Å²) in [6, 6.07) is 3.51. The second-order valence-corrected chi connectivity index (χ2v) is 3.17. The molecule has 0 atom stereocenters. The summed E-state index contributed by atoms with van der Waals surface area (Å²) in [5.74, 6) is 0.843. The zero-order valence-corrected chi connectivity index (χ0v) is 9.60. The first kappa shape index (κ1) is 14.9. The summed E-state index contributed by atoms with van der Waals surface area (Å²) in [5.41, 5.74) is 1.78. The van der Waals surface area contributed by atoms with Gasteiger partial charge < -0.3 is 14.3 Å². The fourth-order valence-corrected chi connectivity index (χ4v) is 1.01. The predicted octanol–water partition coefficient (Wildman–Crippen LogP) is 1.98. The monoisotopic (exact) mass is 238 g/mol. The van der Waals surface area contributed by atoms with Crippen LogP contribution in [0.5, 0.6) is 0 Å². The van der Waals surface area contributed by atoms with Crippen molar-refractivity contribution in [3.8, 4) is 0 Å². The Bertz CT molecular complexity index is 422. The summed E-state index contributed by atoms with van der Waals surface area (Å²) >= 11 is 0. The average molecular weight is 238 g/mol. The van der Waals surface area contributed by atoms with E-state index >= 15 is 0 Å². The van der Waals surface area contributed by atoms with Crippen LogP contribution in [0.15, 0.2) is 33.5 Å². The van der Waals surface area contributed by atoms with Crippen LogP contribution in [-0.2, 0) is 0 Å². The third-order valence-electron chi connectivity index (χ3n) is 2.02. The van der Waals surface area contributed by atoms with Crippen molar-refractivity contribution in [1.29, 1.82) is 0 Å². The van der Waals surface area contributed by atoms with Gasteiger partial charge in [0.25, 0.3) is 0 Å². The van der Waals surface area contributed by atoms with Crippen molar-refractivity contribution in [2.75, 3.05) is 0 Å². The molecule has 17 heavy (non-hydrogen) atoms. The molecule has 0 aliphatic heterocycles. The lowest BCUT2D eigenvalue weighted by Crippen LogP contribution is -1.74.